The number of nitrogens with zero attached hydrogens (tertiary/aromatic N) is 5. The predicted molar refractivity (Wildman–Crippen MR) is 115 cm³/mol. The monoisotopic (exact) mass is 410 g/mol. The molecule has 9 nitrogen and oxygen atoms in total. The third-order valence-corrected chi connectivity index (χ3v) is 4.92. The standard InChI is InChI=1S/C21H26N6O3/c1-4-26(9-10-28-3)21-15-11-18(30-17(15)7-8-23-21)16-13-24-19-5-6-20(25-27(16)19)29-14(2)12-22/h5-8,11,13-14H,4,9-10,12,22H2,1-3H3/t14-/m1/s1. The van der Waals surface area contributed by atoms with Crippen LogP contribution in [0.5, 0.6) is 5.88 Å². The third kappa shape index (κ3) is 3.81. The zero-order valence-corrected chi connectivity index (χ0v) is 17.4. The summed E-state index contributed by atoms with van der Waals surface area (Å²) in [7, 11) is 1.70. The van der Waals surface area contributed by atoms with E-state index in [1.165, 1.54) is 0 Å². The van der Waals surface area contributed by atoms with Gasteiger partial charge in [0.05, 0.1) is 18.2 Å². The number of imidazole rings is 1. The van der Waals surface area contributed by atoms with E-state index in [4.69, 9.17) is 19.6 Å². The molecule has 4 aromatic heterocycles. The van der Waals surface area contributed by atoms with Gasteiger partial charge in [0.1, 0.15) is 23.2 Å². The Morgan fingerprint density at radius 2 is 2.13 bits per heavy atom. The molecule has 0 aromatic carbocycles. The average Bonchev–Trinajstić information content (AvgIpc) is 3.38. The van der Waals surface area contributed by atoms with Crippen LogP contribution in [0.15, 0.2) is 41.1 Å². The number of likely N-dealkylation sites (N-methyl/N-ethyl adjacent to an activating group) is 1. The predicted octanol–water partition coefficient (Wildman–Crippen LogP) is 2.74. The van der Waals surface area contributed by atoms with E-state index < -0.39 is 0 Å². The van der Waals surface area contributed by atoms with E-state index in [9.17, 15) is 0 Å². The first-order valence-corrected chi connectivity index (χ1v) is 9.99. The van der Waals surface area contributed by atoms with Crippen molar-refractivity contribution < 1.29 is 13.9 Å². The van der Waals surface area contributed by atoms with Crippen molar-refractivity contribution >= 4 is 22.4 Å². The van der Waals surface area contributed by atoms with Gasteiger partial charge in [0.25, 0.3) is 0 Å². The molecule has 0 amide bonds. The summed E-state index contributed by atoms with van der Waals surface area (Å²) in [6.45, 7) is 6.58. The summed E-state index contributed by atoms with van der Waals surface area (Å²) in [5.41, 5.74) is 7.84. The summed E-state index contributed by atoms with van der Waals surface area (Å²) >= 11 is 0. The van der Waals surface area contributed by atoms with Gasteiger partial charge in [-0.1, -0.05) is 0 Å². The number of pyridine rings is 1. The topological polar surface area (TPSA) is 104 Å². The zero-order valence-electron chi connectivity index (χ0n) is 17.4. The van der Waals surface area contributed by atoms with E-state index in [1.54, 1.807) is 30.1 Å². The van der Waals surface area contributed by atoms with Crippen molar-refractivity contribution in [3.63, 3.8) is 0 Å². The van der Waals surface area contributed by atoms with Crippen molar-refractivity contribution in [2.45, 2.75) is 20.0 Å². The van der Waals surface area contributed by atoms with Crippen molar-refractivity contribution in [2.75, 3.05) is 38.3 Å². The Kier molecular flexibility index (Phi) is 5.82. The largest absolute Gasteiger partial charge is 0.472 e. The fourth-order valence-electron chi connectivity index (χ4n) is 3.28. The summed E-state index contributed by atoms with van der Waals surface area (Å²) in [6.07, 6.45) is 3.37. The van der Waals surface area contributed by atoms with E-state index in [1.807, 2.05) is 25.1 Å². The first-order valence-electron chi connectivity index (χ1n) is 9.99. The Morgan fingerprint density at radius 1 is 1.27 bits per heavy atom. The molecule has 4 rings (SSSR count). The summed E-state index contributed by atoms with van der Waals surface area (Å²) in [6, 6.07) is 7.48. The number of fused-ring (bicyclic) bond motifs is 2. The molecule has 30 heavy (non-hydrogen) atoms. The van der Waals surface area contributed by atoms with E-state index >= 15 is 0 Å². The minimum absolute atomic E-state index is 0.131. The van der Waals surface area contributed by atoms with Crippen LogP contribution in [0.1, 0.15) is 13.8 Å². The van der Waals surface area contributed by atoms with Gasteiger partial charge in [-0.05, 0) is 32.0 Å². The quantitative estimate of drug-likeness (QED) is 0.449. The lowest BCUT2D eigenvalue weighted by Crippen LogP contribution is -2.27. The van der Waals surface area contributed by atoms with Crippen molar-refractivity contribution in [1.29, 1.82) is 0 Å². The highest BCUT2D eigenvalue weighted by Crippen LogP contribution is 2.33. The van der Waals surface area contributed by atoms with Crippen LogP contribution in [0.2, 0.25) is 0 Å². The van der Waals surface area contributed by atoms with Crippen LogP contribution in [0.4, 0.5) is 5.82 Å². The Balaban J connectivity index is 1.75. The van der Waals surface area contributed by atoms with Crippen LogP contribution in [0.3, 0.4) is 0 Å². The second kappa shape index (κ2) is 8.68. The van der Waals surface area contributed by atoms with Gasteiger partial charge in [0.2, 0.25) is 5.88 Å². The highest BCUT2D eigenvalue weighted by molar-refractivity contribution is 5.91. The maximum atomic E-state index is 6.14. The Labute approximate surface area is 174 Å². The number of hydrogen-bond donors (Lipinski definition) is 1. The van der Waals surface area contributed by atoms with Crippen molar-refractivity contribution in [1.82, 2.24) is 19.6 Å². The molecule has 0 aliphatic rings. The molecular formula is C21H26N6O3. The summed E-state index contributed by atoms with van der Waals surface area (Å²) in [4.78, 5) is 11.2. The first-order chi connectivity index (χ1) is 14.6. The molecule has 9 heteroatoms. The lowest BCUT2D eigenvalue weighted by atomic mass is 10.2. The normalized spacial score (nSPS) is 12.5. The smallest absolute Gasteiger partial charge is 0.232 e. The summed E-state index contributed by atoms with van der Waals surface area (Å²) in [5.74, 6) is 2.01. The van der Waals surface area contributed by atoms with Crippen LogP contribution >= 0.6 is 0 Å². The van der Waals surface area contributed by atoms with Crippen molar-refractivity contribution in [3.8, 4) is 17.3 Å². The van der Waals surface area contributed by atoms with Gasteiger partial charge in [-0.25, -0.2) is 14.5 Å². The van der Waals surface area contributed by atoms with Crippen LogP contribution in [-0.4, -0.2) is 59.0 Å². The molecule has 158 valence electrons. The third-order valence-electron chi connectivity index (χ3n) is 4.92. The van der Waals surface area contributed by atoms with Gasteiger partial charge >= 0.3 is 0 Å². The zero-order chi connectivity index (χ0) is 21.1. The molecule has 0 radical (unpaired) electrons. The molecule has 2 N–H and O–H groups in total. The Bertz CT molecular complexity index is 1140. The number of methoxy groups -OCH3 is 1. The van der Waals surface area contributed by atoms with Crippen LogP contribution in [0, 0.1) is 0 Å². The van der Waals surface area contributed by atoms with Gasteiger partial charge in [-0.15, -0.1) is 5.10 Å². The molecule has 0 fully saturated rings. The maximum absolute atomic E-state index is 6.14. The first kappa shape index (κ1) is 20.1. The van der Waals surface area contributed by atoms with Gasteiger partial charge in [0, 0.05) is 39.0 Å². The molecule has 0 saturated heterocycles. The van der Waals surface area contributed by atoms with Gasteiger partial charge in [-0.3, -0.25) is 0 Å². The lowest BCUT2D eigenvalue weighted by molar-refractivity contribution is 0.205. The van der Waals surface area contributed by atoms with E-state index in [-0.39, 0.29) is 6.10 Å². The maximum Gasteiger partial charge on any atom is 0.232 e. The van der Waals surface area contributed by atoms with Crippen molar-refractivity contribution in [3.05, 3.63) is 36.7 Å². The molecule has 0 unspecified atom stereocenters. The van der Waals surface area contributed by atoms with E-state index in [0.29, 0.717) is 30.4 Å². The van der Waals surface area contributed by atoms with E-state index in [0.717, 1.165) is 35.6 Å². The fraction of sp³-hybridized carbons (Fsp3) is 0.381. The number of hydrogen-bond acceptors (Lipinski definition) is 8. The fourth-order valence-corrected chi connectivity index (χ4v) is 3.28. The Morgan fingerprint density at radius 3 is 2.90 bits per heavy atom. The second-order valence-corrected chi connectivity index (χ2v) is 6.98. The molecule has 0 aliphatic heterocycles. The number of furan rings is 1. The number of anilines is 1. The number of aromatic nitrogens is 4. The molecule has 0 spiro atoms. The molecule has 4 aromatic rings. The SMILES string of the molecule is CCN(CCOC)c1nccc2oc(-c3cnc4ccc(O[C@H](C)CN)nn34)cc12. The number of nitrogens with two attached hydrogens (primary N) is 1. The lowest BCUT2D eigenvalue weighted by Gasteiger charge is -2.21. The highest BCUT2D eigenvalue weighted by Gasteiger charge is 2.18. The molecule has 1 atom stereocenters. The number of rotatable bonds is 9. The molecule has 0 saturated carbocycles. The number of ether oxygens (including phenoxy) is 2. The van der Waals surface area contributed by atoms with Gasteiger partial charge in [-0.2, -0.15) is 0 Å². The summed E-state index contributed by atoms with van der Waals surface area (Å²) in [5, 5.41) is 5.49. The van der Waals surface area contributed by atoms with Crippen LogP contribution < -0.4 is 15.4 Å². The minimum atomic E-state index is -0.131. The Hall–Kier alpha value is -3.17. The molecule has 0 aliphatic carbocycles. The van der Waals surface area contributed by atoms with Crippen LogP contribution in [0.25, 0.3) is 28.1 Å². The van der Waals surface area contributed by atoms with Gasteiger partial charge in [0.15, 0.2) is 11.4 Å². The van der Waals surface area contributed by atoms with Gasteiger partial charge < -0.3 is 24.5 Å². The van der Waals surface area contributed by atoms with Crippen molar-refractivity contribution in [2.24, 2.45) is 5.73 Å². The summed E-state index contributed by atoms with van der Waals surface area (Å²) < 4.78 is 18.8. The average molecular weight is 410 g/mol. The highest BCUT2D eigenvalue weighted by atomic mass is 16.5. The second-order valence-electron chi connectivity index (χ2n) is 6.98. The van der Waals surface area contributed by atoms with E-state index in [2.05, 4.69) is 26.9 Å². The minimum Gasteiger partial charge on any atom is -0.472 e. The molecular weight excluding hydrogens is 384 g/mol. The molecule has 0 bridgehead atoms. The molecule has 4 heterocycles. The van der Waals surface area contributed by atoms with Crippen LogP contribution in [-0.2, 0) is 4.74 Å².